The highest BCUT2D eigenvalue weighted by Gasteiger charge is 2.23. The molecule has 34 heavy (non-hydrogen) atoms. The number of methoxy groups -OCH3 is 2. The van der Waals surface area contributed by atoms with Gasteiger partial charge in [0, 0.05) is 30.4 Å². The Morgan fingerprint density at radius 1 is 0.912 bits per heavy atom. The summed E-state index contributed by atoms with van der Waals surface area (Å²) >= 11 is 0. The minimum atomic E-state index is -0.647. The van der Waals surface area contributed by atoms with Gasteiger partial charge >= 0.3 is 11.9 Å². The van der Waals surface area contributed by atoms with Gasteiger partial charge in [-0.2, -0.15) is 0 Å². The number of anilines is 1. The quantitative estimate of drug-likeness (QED) is 0.596. The van der Waals surface area contributed by atoms with E-state index in [0.717, 1.165) is 0 Å². The van der Waals surface area contributed by atoms with Crippen LogP contribution in [0.3, 0.4) is 0 Å². The van der Waals surface area contributed by atoms with E-state index in [4.69, 9.17) is 9.47 Å². The van der Waals surface area contributed by atoms with Crippen molar-refractivity contribution in [3.8, 4) is 0 Å². The van der Waals surface area contributed by atoms with Crippen LogP contribution >= 0.6 is 0 Å². The van der Waals surface area contributed by atoms with Crippen LogP contribution in [0.4, 0.5) is 10.1 Å². The van der Waals surface area contributed by atoms with Crippen molar-refractivity contribution in [2.24, 2.45) is 0 Å². The summed E-state index contributed by atoms with van der Waals surface area (Å²) in [5.41, 5.74) is 0.885. The molecule has 2 N–H and O–H groups in total. The molecule has 0 aliphatic carbocycles. The second-order valence-corrected chi connectivity index (χ2v) is 7.86. The molecule has 3 rings (SSSR count). The Morgan fingerprint density at radius 3 is 2.00 bits per heavy atom. The molecule has 2 amide bonds. The Morgan fingerprint density at radius 2 is 1.47 bits per heavy atom. The number of hydrogen-bond acceptors (Lipinski definition) is 7. The van der Waals surface area contributed by atoms with Gasteiger partial charge in [-0.25, -0.2) is 14.0 Å². The van der Waals surface area contributed by atoms with E-state index in [-0.39, 0.29) is 41.2 Å². The van der Waals surface area contributed by atoms with Gasteiger partial charge in [0.1, 0.15) is 5.82 Å². The van der Waals surface area contributed by atoms with Crippen molar-refractivity contribution in [2.45, 2.75) is 18.9 Å². The van der Waals surface area contributed by atoms with Crippen LogP contribution in [0.5, 0.6) is 0 Å². The highest BCUT2D eigenvalue weighted by Crippen LogP contribution is 2.18. The summed E-state index contributed by atoms with van der Waals surface area (Å²) in [6.45, 7) is 1.30. The van der Waals surface area contributed by atoms with E-state index in [1.54, 1.807) is 0 Å². The zero-order valence-corrected chi connectivity index (χ0v) is 18.9. The molecule has 180 valence electrons. The number of likely N-dealkylation sites (tertiary alicyclic amines) is 1. The van der Waals surface area contributed by atoms with Crippen LogP contribution in [0, 0.1) is 5.82 Å². The first kappa shape index (κ1) is 24.8. The summed E-state index contributed by atoms with van der Waals surface area (Å²) in [7, 11) is 2.44. The molecular formula is C24H26FN3O6. The fourth-order valence-corrected chi connectivity index (χ4v) is 3.68. The second-order valence-electron chi connectivity index (χ2n) is 7.86. The van der Waals surface area contributed by atoms with Crippen molar-refractivity contribution in [3.05, 3.63) is 65.0 Å². The van der Waals surface area contributed by atoms with Crippen molar-refractivity contribution in [1.82, 2.24) is 10.2 Å². The molecule has 1 heterocycles. The van der Waals surface area contributed by atoms with E-state index in [9.17, 15) is 23.6 Å². The average molecular weight is 471 g/mol. The number of nitrogens with one attached hydrogen (secondary N) is 2. The third-order valence-corrected chi connectivity index (χ3v) is 5.46. The first-order valence-corrected chi connectivity index (χ1v) is 10.7. The number of carbonyl (C=O) groups excluding carboxylic acids is 4. The van der Waals surface area contributed by atoms with Gasteiger partial charge in [-0.05, 0) is 55.3 Å². The predicted molar refractivity (Wildman–Crippen MR) is 121 cm³/mol. The molecule has 2 aromatic rings. The van der Waals surface area contributed by atoms with E-state index < -0.39 is 17.8 Å². The largest absolute Gasteiger partial charge is 0.465 e. The number of rotatable bonds is 7. The highest BCUT2D eigenvalue weighted by atomic mass is 19.1. The molecule has 1 fully saturated rings. The number of halogens is 1. The Kier molecular flexibility index (Phi) is 8.31. The van der Waals surface area contributed by atoms with Gasteiger partial charge in [0.15, 0.2) is 0 Å². The SMILES string of the molecule is COC(=O)c1cc(NC(=O)CN2CCC(NC(=O)c3ccc(F)cc3)CC2)cc(C(=O)OC)c1. The van der Waals surface area contributed by atoms with Gasteiger partial charge in [0.25, 0.3) is 5.91 Å². The van der Waals surface area contributed by atoms with Crippen LogP contribution in [0.25, 0.3) is 0 Å². The molecule has 1 aliphatic rings. The Bertz CT molecular complexity index is 1030. The number of esters is 2. The Labute approximate surface area is 196 Å². The molecule has 0 atom stereocenters. The molecular weight excluding hydrogens is 445 g/mol. The topological polar surface area (TPSA) is 114 Å². The van der Waals surface area contributed by atoms with E-state index in [1.165, 1.54) is 56.7 Å². The third-order valence-electron chi connectivity index (χ3n) is 5.46. The molecule has 0 spiro atoms. The molecule has 0 aromatic heterocycles. The highest BCUT2D eigenvalue weighted by molar-refractivity contribution is 6.00. The number of amides is 2. The zero-order valence-electron chi connectivity index (χ0n) is 18.9. The molecule has 0 unspecified atom stereocenters. The molecule has 0 bridgehead atoms. The Balaban J connectivity index is 1.53. The van der Waals surface area contributed by atoms with Crippen LogP contribution in [0.15, 0.2) is 42.5 Å². The van der Waals surface area contributed by atoms with Crippen molar-refractivity contribution in [1.29, 1.82) is 0 Å². The van der Waals surface area contributed by atoms with Crippen molar-refractivity contribution in [2.75, 3.05) is 39.2 Å². The standard InChI is InChI=1S/C24H26FN3O6/c1-33-23(31)16-11-17(24(32)34-2)13-20(12-16)26-21(29)14-28-9-7-19(8-10-28)27-22(30)15-3-5-18(25)6-4-15/h3-6,11-13,19H,7-10,14H2,1-2H3,(H,26,29)(H,27,30). The van der Waals surface area contributed by atoms with Crippen LogP contribution < -0.4 is 10.6 Å². The number of ether oxygens (including phenoxy) is 2. The summed E-state index contributed by atoms with van der Waals surface area (Å²) in [5.74, 6) is -2.27. The van der Waals surface area contributed by atoms with Gasteiger partial charge in [-0.3, -0.25) is 14.5 Å². The lowest BCUT2D eigenvalue weighted by atomic mass is 10.0. The van der Waals surface area contributed by atoms with E-state index in [0.29, 0.717) is 31.5 Å². The monoisotopic (exact) mass is 471 g/mol. The van der Waals surface area contributed by atoms with Gasteiger partial charge in [0.2, 0.25) is 5.91 Å². The average Bonchev–Trinajstić information content (AvgIpc) is 2.84. The van der Waals surface area contributed by atoms with E-state index in [1.807, 2.05) is 4.90 Å². The van der Waals surface area contributed by atoms with Gasteiger partial charge in [-0.1, -0.05) is 0 Å². The minimum Gasteiger partial charge on any atom is -0.465 e. The van der Waals surface area contributed by atoms with Crippen LogP contribution in [0.2, 0.25) is 0 Å². The lowest BCUT2D eigenvalue weighted by Gasteiger charge is -2.31. The zero-order chi connectivity index (χ0) is 24.7. The van der Waals surface area contributed by atoms with E-state index in [2.05, 4.69) is 10.6 Å². The number of benzene rings is 2. The van der Waals surface area contributed by atoms with E-state index >= 15 is 0 Å². The predicted octanol–water partition coefficient (Wildman–Crippen LogP) is 2.23. The van der Waals surface area contributed by atoms with Crippen molar-refractivity contribution in [3.63, 3.8) is 0 Å². The normalized spacial score (nSPS) is 14.2. The maximum Gasteiger partial charge on any atom is 0.337 e. The smallest absolute Gasteiger partial charge is 0.337 e. The van der Waals surface area contributed by atoms with Gasteiger partial charge < -0.3 is 20.1 Å². The summed E-state index contributed by atoms with van der Waals surface area (Å²) in [6, 6.07) is 9.49. The van der Waals surface area contributed by atoms with Crippen LogP contribution in [-0.4, -0.2) is 68.5 Å². The Hall–Kier alpha value is -3.79. The molecule has 2 aromatic carbocycles. The summed E-state index contributed by atoms with van der Waals surface area (Å²) in [6.07, 6.45) is 1.31. The number of carbonyl (C=O) groups is 4. The molecule has 10 heteroatoms. The van der Waals surface area contributed by atoms with Gasteiger partial charge in [-0.15, -0.1) is 0 Å². The van der Waals surface area contributed by atoms with Crippen molar-refractivity contribution < 1.29 is 33.0 Å². The lowest BCUT2D eigenvalue weighted by molar-refractivity contribution is -0.117. The van der Waals surface area contributed by atoms with Gasteiger partial charge in [0.05, 0.1) is 31.9 Å². The molecule has 1 saturated heterocycles. The first-order valence-electron chi connectivity index (χ1n) is 10.7. The number of piperidine rings is 1. The minimum absolute atomic E-state index is 0.0452. The lowest BCUT2D eigenvalue weighted by Crippen LogP contribution is -2.46. The first-order chi connectivity index (χ1) is 16.3. The summed E-state index contributed by atoms with van der Waals surface area (Å²) in [5, 5.41) is 5.64. The number of hydrogen-bond donors (Lipinski definition) is 2. The molecule has 0 radical (unpaired) electrons. The van der Waals surface area contributed by atoms with Crippen molar-refractivity contribution >= 4 is 29.4 Å². The van der Waals surface area contributed by atoms with Crippen LogP contribution in [0.1, 0.15) is 43.9 Å². The number of nitrogens with zero attached hydrogens (tertiary/aromatic N) is 1. The molecule has 0 saturated carbocycles. The maximum absolute atomic E-state index is 13.0. The second kappa shape index (κ2) is 11.4. The fourth-order valence-electron chi connectivity index (χ4n) is 3.68. The summed E-state index contributed by atoms with van der Waals surface area (Å²) < 4.78 is 22.4. The summed E-state index contributed by atoms with van der Waals surface area (Å²) in [4.78, 5) is 50.6. The molecule has 9 nitrogen and oxygen atoms in total. The fraction of sp³-hybridized carbons (Fsp3) is 0.333. The third kappa shape index (κ3) is 6.61. The maximum atomic E-state index is 13.0. The van der Waals surface area contributed by atoms with Crippen LogP contribution in [-0.2, 0) is 14.3 Å². The molecule has 1 aliphatic heterocycles.